The molecule has 0 radical (unpaired) electrons. The van der Waals surface area contributed by atoms with Gasteiger partial charge >= 0.3 is 0 Å². The van der Waals surface area contributed by atoms with E-state index in [-0.39, 0.29) is 18.4 Å². The van der Waals surface area contributed by atoms with Crippen LogP contribution in [0, 0.1) is 12.8 Å². The lowest BCUT2D eigenvalue weighted by Gasteiger charge is -2.20. The van der Waals surface area contributed by atoms with E-state index in [2.05, 4.69) is 23.6 Å². The molecule has 1 aromatic carbocycles. The molecule has 1 N–H and O–H groups in total. The Kier molecular flexibility index (Phi) is 6.96. The van der Waals surface area contributed by atoms with Gasteiger partial charge in [0.05, 0.1) is 5.75 Å². The molecule has 0 spiro atoms. The van der Waals surface area contributed by atoms with E-state index in [9.17, 15) is 8.42 Å². The van der Waals surface area contributed by atoms with E-state index in [1.165, 1.54) is 0 Å². The summed E-state index contributed by atoms with van der Waals surface area (Å²) in [4.78, 5) is 4.09. The number of benzene rings is 1. The number of nitrogens with one attached hydrogen (secondary N) is 1. The fourth-order valence-corrected chi connectivity index (χ4v) is 3.57. The van der Waals surface area contributed by atoms with Gasteiger partial charge in [0.15, 0.2) is 0 Å². The van der Waals surface area contributed by atoms with Crippen molar-refractivity contribution in [1.82, 2.24) is 9.71 Å². The van der Waals surface area contributed by atoms with Gasteiger partial charge in [-0.05, 0) is 43.0 Å². The zero-order valence-electron chi connectivity index (χ0n) is 15.0. The summed E-state index contributed by atoms with van der Waals surface area (Å²) in [6, 6.07) is 11.0. The lowest BCUT2D eigenvalue weighted by Crippen LogP contribution is -2.33. The van der Waals surface area contributed by atoms with Crippen LogP contribution in [-0.2, 0) is 10.0 Å². The molecule has 2 aromatic rings. The molecule has 1 aromatic heterocycles. The first-order chi connectivity index (χ1) is 11.9. The van der Waals surface area contributed by atoms with Crippen LogP contribution in [0.3, 0.4) is 0 Å². The predicted octanol–water partition coefficient (Wildman–Crippen LogP) is 3.48. The van der Waals surface area contributed by atoms with Gasteiger partial charge < -0.3 is 4.74 Å². The molecule has 136 valence electrons. The van der Waals surface area contributed by atoms with Crippen LogP contribution in [0.4, 0.5) is 0 Å². The number of sulfonamides is 1. The van der Waals surface area contributed by atoms with Crippen molar-refractivity contribution in [3.63, 3.8) is 0 Å². The SMILES string of the molecule is Cc1ccc(OCCS(=O)(=O)N[C@@H](CC(C)C)c2cccnc2)cc1. The fourth-order valence-electron chi connectivity index (χ4n) is 2.49. The van der Waals surface area contributed by atoms with Crippen LogP contribution < -0.4 is 9.46 Å². The Morgan fingerprint density at radius 1 is 1.16 bits per heavy atom. The van der Waals surface area contributed by atoms with Crippen LogP contribution in [0.2, 0.25) is 0 Å². The van der Waals surface area contributed by atoms with Crippen molar-refractivity contribution < 1.29 is 13.2 Å². The van der Waals surface area contributed by atoms with E-state index in [1.54, 1.807) is 12.4 Å². The zero-order valence-corrected chi connectivity index (χ0v) is 15.8. The second-order valence-electron chi connectivity index (χ2n) is 6.57. The van der Waals surface area contributed by atoms with Crippen LogP contribution >= 0.6 is 0 Å². The molecule has 0 aliphatic carbocycles. The molecule has 1 atom stereocenters. The molecule has 0 aliphatic rings. The highest BCUT2D eigenvalue weighted by atomic mass is 32.2. The van der Waals surface area contributed by atoms with Crippen LogP contribution in [0.5, 0.6) is 5.75 Å². The van der Waals surface area contributed by atoms with Crippen molar-refractivity contribution in [2.45, 2.75) is 33.2 Å². The van der Waals surface area contributed by atoms with Gasteiger partial charge in [-0.2, -0.15) is 0 Å². The minimum Gasteiger partial charge on any atom is -0.492 e. The molecule has 25 heavy (non-hydrogen) atoms. The summed E-state index contributed by atoms with van der Waals surface area (Å²) in [6.07, 6.45) is 4.10. The lowest BCUT2D eigenvalue weighted by atomic mass is 9.99. The molecule has 0 fully saturated rings. The molecular weight excluding hydrogens is 336 g/mol. The van der Waals surface area contributed by atoms with Crippen molar-refractivity contribution in [1.29, 1.82) is 0 Å². The number of rotatable bonds is 9. The summed E-state index contributed by atoms with van der Waals surface area (Å²) in [5.74, 6) is 0.943. The lowest BCUT2D eigenvalue weighted by molar-refractivity contribution is 0.339. The molecular formula is C19H26N2O3S. The summed E-state index contributed by atoms with van der Waals surface area (Å²) >= 11 is 0. The fraction of sp³-hybridized carbons (Fsp3) is 0.421. The monoisotopic (exact) mass is 362 g/mol. The van der Waals surface area contributed by atoms with Gasteiger partial charge in [0.25, 0.3) is 0 Å². The Hall–Kier alpha value is -1.92. The number of aryl methyl sites for hydroxylation is 1. The maximum absolute atomic E-state index is 12.4. The van der Waals surface area contributed by atoms with E-state index < -0.39 is 10.0 Å². The topological polar surface area (TPSA) is 68.3 Å². The van der Waals surface area contributed by atoms with E-state index in [0.29, 0.717) is 18.1 Å². The van der Waals surface area contributed by atoms with Crippen LogP contribution in [0.25, 0.3) is 0 Å². The summed E-state index contributed by atoms with van der Waals surface area (Å²) in [6.45, 7) is 6.24. The summed E-state index contributed by atoms with van der Waals surface area (Å²) in [5, 5.41) is 0. The highest BCUT2D eigenvalue weighted by Gasteiger charge is 2.20. The molecule has 1 heterocycles. The molecule has 5 nitrogen and oxygen atoms in total. The summed E-state index contributed by atoms with van der Waals surface area (Å²) in [5.41, 5.74) is 2.01. The highest BCUT2D eigenvalue weighted by Crippen LogP contribution is 2.21. The second-order valence-corrected chi connectivity index (χ2v) is 8.44. The average Bonchev–Trinajstić information content (AvgIpc) is 2.56. The number of hydrogen-bond donors (Lipinski definition) is 1. The summed E-state index contributed by atoms with van der Waals surface area (Å²) < 4.78 is 33.2. The second kappa shape index (κ2) is 8.97. The van der Waals surface area contributed by atoms with Crippen LogP contribution in [-0.4, -0.2) is 25.8 Å². The van der Waals surface area contributed by atoms with Gasteiger partial charge in [0.2, 0.25) is 10.0 Å². The molecule has 0 bridgehead atoms. The molecule has 0 aliphatic heterocycles. The highest BCUT2D eigenvalue weighted by molar-refractivity contribution is 7.89. The Morgan fingerprint density at radius 3 is 2.48 bits per heavy atom. The average molecular weight is 362 g/mol. The largest absolute Gasteiger partial charge is 0.492 e. The molecule has 0 saturated carbocycles. The van der Waals surface area contributed by atoms with Gasteiger partial charge in [0, 0.05) is 18.4 Å². The zero-order chi connectivity index (χ0) is 18.3. The van der Waals surface area contributed by atoms with Crippen LogP contribution in [0.15, 0.2) is 48.8 Å². The molecule has 2 rings (SSSR count). The maximum Gasteiger partial charge on any atom is 0.215 e. The smallest absolute Gasteiger partial charge is 0.215 e. The number of ether oxygens (including phenoxy) is 1. The number of aromatic nitrogens is 1. The summed E-state index contributed by atoms with van der Waals surface area (Å²) in [7, 11) is -3.46. The first kappa shape index (κ1) is 19.4. The van der Waals surface area contributed by atoms with Gasteiger partial charge in [-0.25, -0.2) is 13.1 Å². The Morgan fingerprint density at radius 2 is 1.88 bits per heavy atom. The maximum atomic E-state index is 12.4. The Labute approximate surface area is 150 Å². The van der Waals surface area contributed by atoms with Crippen molar-refractivity contribution in [3.05, 3.63) is 59.9 Å². The molecule has 0 unspecified atom stereocenters. The quantitative estimate of drug-likeness (QED) is 0.741. The third kappa shape index (κ3) is 6.84. The Balaban J connectivity index is 1.95. The van der Waals surface area contributed by atoms with E-state index in [4.69, 9.17) is 4.74 Å². The molecule has 6 heteroatoms. The van der Waals surface area contributed by atoms with Crippen LogP contribution in [0.1, 0.15) is 37.4 Å². The Bertz CT molecular complexity index is 744. The van der Waals surface area contributed by atoms with E-state index in [0.717, 1.165) is 11.1 Å². The van der Waals surface area contributed by atoms with E-state index >= 15 is 0 Å². The van der Waals surface area contributed by atoms with Crippen molar-refractivity contribution in [2.24, 2.45) is 5.92 Å². The number of pyridine rings is 1. The van der Waals surface area contributed by atoms with Gasteiger partial charge in [0.1, 0.15) is 12.4 Å². The van der Waals surface area contributed by atoms with Crippen molar-refractivity contribution in [3.8, 4) is 5.75 Å². The normalized spacial score (nSPS) is 13.0. The predicted molar refractivity (Wildman–Crippen MR) is 100 cm³/mol. The number of nitrogens with zero attached hydrogens (tertiary/aromatic N) is 1. The minimum absolute atomic E-state index is 0.0876. The van der Waals surface area contributed by atoms with E-state index in [1.807, 2.05) is 43.3 Å². The van der Waals surface area contributed by atoms with Gasteiger partial charge in [-0.1, -0.05) is 37.6 Å². The third-order valence-electron chi connectivity index (χ3n) is 3.76. The first-order valence-corrected chi connectivity index (χ1v) is 10.1. The molecule has 0 amide bonds. The standard InChI is InChI=1S/C19H26N2O3S/c1-15(2)13-19(17-5-4-10-20-14-17)21-25(22,23)12-11-24-18-8-6-16(3)7-9-18/h4-10,14-15,19,21H,11-13H2,1-3H3/t19-/m0/s1. The van der Waals surface area contributed by atoms with Crippen molar-refractivity contribution >= 4 is 10.0 Å². The first-order valence-electron chi connectivity index (χ1n) is 8.45. The third-order valence-corrected chi connectivity index (χ3v) is 5.11. The molecule has 0 saturated heterocycles. The minimum atomic E-state index is -3.46. The van der Waals surface area contributed by atoms with Crippen molar-refractivity contribution in [2.75, 3.05) is 12.4 Å². The number of hydrogen-bond acceptors (Lipinski definition) is 4. The van der Waals surface area contributed by atoms with Gasteiger partial charge in [-0.15, -0.1) is 0 Å². The van der Waals surface area contributed by atoms with Gasteiger partial charge in [-0.3, -0.25) is 4.98 Å².